The van der Waals surface area contributed by atoms with Gasteiger partial charge in [0.1, 0.15) is 0 Å². The van der Waals surface area contributed by atoms with Crippen LogP contribution in [0.15, 0.2) is 0 Å². The van der Waals surface area contributed by atoms with E-state index in [9.17, 15) is 22.8 Å². The standard InChI is InChI=1S/C4H6F3N3O3/c5-4(6,7)3(12)13-1(8)2(11)10-9/h1H,8-9H2,(H,10,11). The van der Waals surface area contributed by atoms with E-state index in [1.165, 1.54) is 5.43 Å². The number of amides is 1. The highest BCUT2D eigenvalue weighted by Crippen LogP contribution is 2.16. The highest BCUT2D eigenvalue weighted by atomic mass is 19.4. The molecule has 0 aliphatic heterocycles. The van der Waals surface area contributed by atoms with Crippen LogP contribution < -0.4 is 17.0 Å². The summed E-state index contributed by atoms with van der Waals surface area (Å²) in [5.41, 5.74) is 6.10. The Balaban J connectivity index is 4.15. The second-order valence-corrected chi connectivity index (χ2v) is 1.83. The number of esters is 1. The molecule has 13 heavy (non-hydrogen) atoms. The average Bonchev–Trinajstić information content (AvgIpc) is 2.01. The Morgan fingerprint density at radius 3 is 2.15 bits per heavy atom. The first-order valence-corrected chi connectivity index (χ1v) is 2.83. The van der Waals surface area contributed by atoms with Crippen LogP contribution in [0.4, 0.5) is 13.2 Å². The lowest BCUT2D eigenvalue weighted by atomic mass is 10.5. The molecule has 0 aliphatic rings. The fourth-order valence-corrected chi connectivity index (χ4v) is 0.318. The van der Waals surface area contributed by atoms with Gasteiger partial charge in [0.15, 0.2) is 0 Å². The fraction of sp³-hybridized carbons (Fsp3) is 0.500. The number of nitrogens with two attached hydrogens (primary N) is 2. The molecule has 1 unspecified atom stereocenters. The molecule has 0 aliphatic carbocycles. The predicted molar refractivity (Wildman–Crippen MR) is 32.5 cm³/mol. The Kier molecular flexibility index (Phi) is 3.63. The first-order valence-electron chi connectivity index (χ1n) is 2.83. The normalized spacial score (nSPS) is 13.3. The first-order chi connectivity index (χ1) is 5.79. The van der Waals surface area contributed by atoms with Crippen molar-refractivity contribution in [2.45, 2.75) is 12.4 Å². The van der Waals surface area contributed by atoms with Crippen molar-refractivity contribution in [1.82, 2.24) is 5.43 Å². The Hall–Kier alpha value is -1.35. The number of rotatable bonds is 2. The first kappa shape index (κ1) is 11.6. The van der Waals surface area contributed by atoms with Gasteiger partial charge in [-0.05, 0) is 0 Å². The van der Waals surface area contributed by atoms with Gasteiger partial charge in [-0.3, -0.25) is 16.0 Å². The van der Waals surface area contributed by atoms with E-state index in [4.69, 9.17) is 5.73 Å². The second-order valence-electron chi connectivity index (χ2n) is 1.83. The molecule has 0 aromatic rings. The summed E-state index contributed by atoms with van der Waals surface area (Å²) >= 11 is 0. The molecule has 9 heteroatoms. The lowest BCUT2D eigenvalue weighted by molar-refractivity contribution is -0.205. The maximum absolute atomic E-state index is 11.5. The van der Waals surface area contributed by atoms with E-state index < -0.39 is 24.3 Å². The van der Waals surface area contributed by atoms with E-state index in [1.807, 2.05) is 0 Å². The smallest absolute Gasteiger partial charge is 0.430 e. The maximum Gasteiger partial charge on any atom is 0.490 e. The quantitative estimate of drug-likeness (QED) is 0.163. The molecule has 0 aromatic heterocycles. The third-order valence-electron chi connectivity index (χ3n) is 0.866. The molecule has 76 valence electrons. The third kappa shape index (κ3) is 3.71. The van der Waals surface area contributed by atoms with Crippen LogP contribution in [0.2, 0.25) is 0 Å². The lowest BCUT2D eigenvalue weighted by Crippen LogP contribution is -2.48. The van der Waals surface area contributed by atoms with Crippen LogP contribution in [0.1, 0.15) is 0 Å². The summed E-state index contributed by atoms with van der Waals surface area (Å²) in [6.07, 6.45) is -7.26. The minimum Gasteiger partial charge on any atom is -0.430 e. The molecule has 0 fully saturated rings. The van der Waals surface area contributed by atoms with Crippen molar-refractivity contribution in [2.75, 3.05) is 0 Å². The number of carbonyl (C=O) groups is 2. The van der Waals surface area contributed by atoms with Gasteiger partial charge in [-0.25, -0.2) is 10.6 Å². The van der Waals surface area contributed by atoms with Gasteiger partial charge in [0.25, 0.3) is 5.91 Å². The second kappa shape index (κ2) is 4.05. The van der Waals surface area contributed by atoms with Gasteiger partial charge >= 0.3 is 12.1 Å². The SMILES string of the molecule is NNC(=O)C(N)OC(=O)C(F)(F)F. The van der Waals surface area contributed by atoms with Crippen molar-refractivity contribution in [2.24, 2.45) is 11.6 Å². The Morgan fingerprint density at radius 2 is 1.85 bits per heavy atom. The molecule has 0 saturated carbocycles. The van der Waals surface area contributed by atoms with E-state index in [-0.39, 0.29) is 0 Å². The van der Waals surface area contributed by atoms with E-state index in [0.29, 0.717) is 0 Å². The molecule has 0 heterocycles. The Bertz CT molecular complexity index is 216. The van der Waals surface area contributed by atoms with Gasteiger partial charge in [-0.1, -0.05) is 0 Å². The Labute approximate surface area is 70.0 Å². The summed E-state index contributed by atoms with van der Waals surface area (Å²) in [6, 6.07) is 0. The van der Waals surface area contributed by atoms with Crippen LogP contribution in [0.3, 0.4) is 0 Å². The summed E-state index contributed by atoms with van der Waals surface area (Å²) in [6.45, 7) is 0. The molecule has 1 amide bonds. The zero-order chi connectivity index (χ0) is 10.6. The number of ether oxygens (including phenoxy) is 1. The Morgan fingerprint density at radius 1 is 1.38 bits per heavy atom. The largest absolute Gasteiger partial charge is 0.490 e. The molecule has 0 spiro atoms. The summed E-state index contributed by atoms with van der Waals surface area (Å²) in [7, 11) is 0. The van der Waals surface area contributed by atoms with Crippen LogP contribution >= 0.6 is 0 Å². The number of carbonyl (C=O) groups excluding carboxylic acids is 2. The summed E-state index contributed by atoms with van der Waals surface area (Å²) in [5.74, 6) is 0.715. The monoisotopic (exact) mass is 201 g/mol. The molecule has 0 bridgehead atoms. The average molecular weight is 201 g/mol. The summed E-state index contributed by atoms with van der Waals surface area (Å²) < 4.78 is 37.9. The zero-order valence-electron chi connectivity index (χ0n) is 6.09. The molecular formula is C4H6F3N3O3. The van der Waals surface area contributed by atoms with Crippen LogP contribution in [0.25, 0.3) is 0 Å². The van der Waals surface area contributed by atoms with E-state index in [1.54, 1.807) is 0 Å². The maximum atomic E-state index is 11.5. The van der Waals surface area contributed by atoms with Gasteiger partial charge in [0.2, 0.25) is 6.23 Å². The summed E-state index contributed by atoms with van der Waals surface area (Å²) in [5, 5.41) is 0. The molecule has 0 aromatic carbocycles. The van der Waals surface area contributed by atoms with Crippen molar-refractivity contribution in [3.05, 3.63) is 0 Å². The van der Waals surface area contributed by atoms with E-state index in [2.05, 4.69) is 10.6 Å². The van der Waals surface area contributed by atoms with Gasteiger partial charge in [-0.2, -0.15) is 13.2 Å². The molecule has 1 atom stereocenters. The number of nitrogens with one attached hydrogen (secondary N) is 1. The predicted octanol–water partition coefficient (Wildman–Crippen LogP) is -1.63. The minimum atomic E-state index is -5.19. The van der Waals surface area contributed by atoms with Crippen LogP contribution in [-0.2, 0) is 14.3 Å². The molecular weight excluding hydrogens is 195 g/mol. The fourth-order valence-electron chi connectivity index (χ4n) is 0.318. The zero-order valence-corrected chi connectivity index (χ0v) is 6.09. The highest BCUT2D eigenvalue weighted by molar-refractivity contribution is 5.84. The van der Waals surface area contributed by atoms with Gasteiger partial charge in [-0.15, -0.1) is 0 Å². The van der Waals surface area contributed by atoms with Crippen molar-refractivity contribution in [1.29, 1.82) is 0 Å². The van der Waals surface area contributed by atoms with Crippen molar-refractivity contribution in [3.8, 4) is 0 Å². The van der Waals surface area contributed by atoms with Crippen LogP contribution in [0.5, 0.6) is 0 Å². The molecule has 5 N–H and O–H groups in total. The number of alkyl halides is 3. The summed E-state index contributed by atoms with van der Waals surface area (Å²) in [4.78, 5) is 20.4. The topological polar surface area (TPSA) is 107 Å². The third-order valence-corrected chi connectivity index (χ3v) is 0.866. The number of hydrogen-bond acceptors (Lipinski definition) is 5. The van der Waals surface area contributed by atoms with Gasteiger partial charge in [0.05, 0.1) is 0 Å². The van der Waals surface area contributed by atoms with Crippen LogP contribution in [0, 0.1) is 0 Å². The molecule has 6 nitrogen and oxygen atoms in total. The van der Waals surface area contributed by atoms with Crippen molar-refractivity contribution in [3.63, 3.8) is 0 Å². The van der Waals surface area contributed by atoms with E-state index >= 15 is 0 Å². The molecule has 0 rings (SSSR count). The number of hydrazine groups is 1. The van der Waals surface area contributed by atoms with Crippen LogP contribution in [-0.4, -0.2) is 24.3 Å². The minimum absolute atomic E-state index is 1.24. The molecule has 0 radical (unpaired) electrons. The molecule has 0 saturated heterocycles. The van der Waals surface area contributed by atoms with Gasteiger partial charge in [0, 0.05) is 0 Å². The van der Waals surface area contributed by atoms with Gasteiger partial charge < -0.3 is 4.74 Å². The number of halogens is 3. The highest BCUT2D eigenvalue weighted by Gasteiger charge is 2.42. The lowest BCUT2D eigenvalue weighted by Gasteiger charge is -2.12. The van der Waals surface area contributed by atoms with Crippen molar-refractivity contribution >= 4 is 11.9 Å². The number of hydrogen-bond donors (Lipinski definition) is 3. The van der Waals surface area contributed by atoms with Crippen molar-refractivity contribution < 1.29 is 27.5 Å². The van der Waals surface area contributed by atoms with E-state index in [0.717, 1.165) is 0 Å².